The highest BCUT2D eigenvalue weighted by Gasteiger charge is 2.53. The molecule has 0 radical (unpaired) electrons. The van der Waals surface area contributed by atoms with Crippen LogP contribution in [0.1, 0.15) is 68.4 Å². The minimum absolute atomic E-state index is 0.00601. The number of fused-ring (bicyclic) bond motifs is 1. The molecule has 342 valence electrons. The van der Waals surface area contributed by atoms with Crippen molar-refractivity contribution in [1.82, 2.24) is 19.5 Å². The van der Waals surface area contributed by atoms with Gasteiger partial charge in [-0.1, -0.05) is 72.8 Å². The van der Waals surface area contributed by atoms with Crippen LogP contribution < -0.4 is 4.90 Å². The standard InChI is InChI=1S/C46H43IN5O13P/c1-46(2,3)65-43(57)44(66(58,59-4)60-5)61-26-32-34(63-41(55)30-22-14-8-15-23-30)35(64-42(56)31-24-16-9-17-25-31)40(62-32)51-27-48-33-36(51)49-45(47)50-37(33)52(38(53)28-18-10-6-11-19-28)39(54)29-20-12-7-13-21-29/h6-25,27,32,34-35,40,44H,26H2,1-5H3/t32-,34-,35-,40-,44?/m1/s1. The molecule has 0 bridgehead atoms. The maximum atomic E-state index is 14.3. The summed E-state index contributed by atoms with van der Waals surface area (Å²) in [7, 11) is -2.24. The topological polar surface area (TPSA) is 214 Å². The maximum Gasteiger partial charge on any atom is 0.370 e. The first-order valence-corrected chi connectivity index (χ1v) is 22.9. The fourth-order valence-electron chi connectivity index (χ4n) is 6.88. The molecule has 1 unspecified atom stereocenters. The van der Waals surface area contributed by atoms with Gasteiger partial charge in [-0.2, -0.15) is 0 Å². The van der Waals surface area contributed by atoms with Gasteiger partial charge in [0.2, 0.25) is 0 Å². The average Bonchev–Trinajstić information content (AvgIpc) is 3.89. The van der Waals surface area contributed by atoms with Crippen molar-refractivity contribution in [3.8, 4) is 0 Å². The van der Waals surface area contributed by atoms with E-state index >= 15 is 0 Å². The number of carbonyl (C=O) groups is 5. The Hall–Kier alpha value is -6.22. The van der Waals surface area contributed by atoms with Crippen molar-refractivity contribution < 1.29 is 61.3 Å². The summed E-state index contributed by atoms with van der Waals surface area (Å²) in [6.45, 7) is 4.14. The van der Waals surface area contributed by atoms with Crippen LogP contribution in [0.25, 0.3) is 11.2 Å². The number of halogens is 1. The minimum Gasteiger partial charge on any atom is -0.458 e. The van der Waals surface area contributed by atoms with Gasteiger partial charge < -0.3 is 32.7 Å². The molecule has 66 heavy (non-hydrogen) atoms. The van der Waals surface area contributed by atoms with Crippen LogP contribution in [0.5, 0.6) is 0 Å². The largest absolute Gasteiger partial charge is 0.458 e. The second-order valence-corrected chi connectivity index (χ2v) is 18.7. The molecule has 0 saturated carbocycles. The van der Waals surface area contributed by atoms with Gasteiger partial charge in [-0.25, -0.2) is 34.2 Å². The molecule has 18 nitrogen and oxygen atoms in total. The van der Waals surface area contributed by atoms with Crippen molar-refractivity contribution in [3.05, 3.63) is 154 Å². The van der Waals surface area contributed by atoms with E-state index in [1.807, 2.05) is 22.6 Å². The summed E-state index contributed by atoms with van der Waals surface area (Å²) < 4.78 is 56.1. The van der Waals surface area contributed by atoms with Gasteiger partial charge in [0.05, 0.1) is 24.1 Å². The Balaban J connectivity index is 1.36. The Morgan fingerprint density at radius 1 is 0.727 bits per heavy atom. The molecule has 5 atom stereocenters. The van der Waals surface area contributed by atoms with Gasteiger partial charge in [-0.05, 0) is 69.3 Å². The number of amides is 2. The fraction of sp³-hybridized carbons (Fsp3) is 0.261. The first-order valence-electron chi connectivity index (χ1n) is 20.2. The van der Waals surface area contributed by atoms with Crippen LogP contribution in [0.4, 0.5) is 5.82 Å². The van der Waals surface area contributed by atoms with Crippen LogP contribution in [0.3, 0.4) is 0 Å². The minimum atomic E-state index is -4.38. The van der Waals surface area contributed by atoms with E-state index in [0.717, 1.165) is 19.1 Å². The Bertz CT molecular complexity index is 2700. The van der Waals surface area contributed by atoms with Gasteiger partial charge >= 0.3 is 25.5 Å². The van der Waals surface area contributed by atoms with E-state index in [0.29, 0.717) is 0 Å². The molecule has 20 heteroatoms. The quantitative estimate of drug-likeness (QED) is 0.0244. The summed E-state index contributed by atoms with van der Waals surface area (Å²) in [5.41, 5.74) is -0.461. The third-order valence-electron chi connectivity index (χ3n) is 9.92. The average molecular weight is 1030 g/mol. The summed E-state index contributed by atoms with van der Waals surface area (Å²) >= 11 is 1.83. The molecule has 7 rings (SSSR count). The molecule has 6 aromatic rings. The normalized spacial score (nSPS) is 17.7. The van der Waals surface area contributed by atoms with Crippen LogP contribution in [0.15, 0.2) is 128 Å². The SMILES string of the molecule is COP(=O)(OC)C(OC[C@H]1O[C@@H](n2cnc3c(N(C(=O)c4ccccc4)C(=O)c4ccccc4)nc(I)nc32)[C@H](OC(=O)c2ccccc2)[C@@H]1OC(=O)c1ccccc1)C(=O)OC(C)(C)C. The highest BCUT2D eigenvalue weighted by molar-refractivity contribution is 14.1. The van der Waals surface area contributed by atoms with E-state index < -0.39 is 79.9 Å². The highest BCUT2D eigenvalue weighted by atomic mass is 127. The monoisotopic (exact) mass is 1030 g/mol. The van der Waals surface area contributed by atoms with Gasteiger partial charge in [0, 0.05) is 47.9 Å². The Morgan fingerprint density at radius 2 is 1.20 bits per heavy atom. The lowest BCUT2D eigenvalue weighted by Crippen LogP contribution is -2.42. The lowest BCUT2D eigenvalue weighted by molar-refractivity contribution is -0.167. The van der Waals surface area contributed by atoms with E-state index in [9.17, 15) is 28.5 Å². The summed E-state index contributed by atoms with van der Waals surface area (Å²) in [5.74, 6) is -6.34. The number of rotatable bonds is 15. The van der Waals surface area contributed by atoms with Crippen molar-refractivity contribution in [2.75, 3.05) is 25.7 Å². The molecular formula is C46H43IN5O13P. The van der Waals surface area contributed by atoms with Crippen molar-refractivity contribution >= 4 is 76.9 Å². The molecule has 2 aromatic heterocycles. The van der Waals surface area contributed by atoms with Crippen molar-refractivity contribution in [1.29, 1.82) is 0 Å². The van der Waals surface area contributed by atoms with E-state index in [1.165, 1.54) is 35.2 Å². The maximum absolute atomic E-state index is 14.3. The summed E-state index contributed by atoms with van der Waals surface area (Å²) in [6, 6.07) is 32.3. The number of nitrogens with zero attached hydrogens (tertiary/aromatic N) is 5. The number of ether oxygens (including phenoxy) is 5. The molecule has 0 spiro atoms. The van der Waals surface area contributed by atoms with Gasteiger partial charge in [0.1, 0.15) is 11.7 Å². The lowest BCUT2D eigenvalue weighted by atomic mass is 10.1. The van der Waals surface area contributed by atoms with Crippen LogP contribution in [-0.2, 0) is 42.1 Å². The number of carbonyl (C=O) groups excluding carboxylic acids is 5. The number of anilines is 1. The van der Waals surface area contributed by atoms with Crippen molar-refractivity contribution in [2.24, 2.45) is 0 Å². The fourth-order valence-corrected chi connectivity index (χ4v) is 8.45. The van der Waals surface area contributed by atoms with Crippen LogP contribution in [-0.4, -0.2) is 99.8 Å². The third kappa shape index (κ3) is 10.6. The van der Waals surface area contributed by atoms with Crippen LogP contribution in [0.2, 0.25) is 0 Å². The predicted octanol–water partition coefficient (Wildman–Crippen LogP) is 7.44. The molecule has 1 aliphatic heterocycles. The van der Waals surface area contributed by atoms with E-state index in [4.69, 9.17) is 32.7 Å². The number of imidazole rings is 1. The second kappa shape index (κ2) is 20.5. The number of hydrogen-bond donors (Lipinski definition) is 0. The zero-order valence-corrected chi connectivity index (χ0v) is 39.1. The molecule has 0 aliphatic carbocycles. The zero-order chi connectivity index (χ0) is 47.2. The predicted molar refractivity (Wildman–Crippen MR) is 244 cm³/mol. The first kappa shape index (κ1) is 47.7. The van der Waals surface area contributed by atoms with Gasteiger partial charge in [0.25, 0.3) is 17.7 Å². The third-order valence-corrected chi connectivity index (χ3v) is 12.4. The summed E-state index contributed by atoms with van der Waals surface area (Å²) in [6.07, 6.45) is -4.64. The highest BCUT2D eigenvalue weighted by Crippen LogP contribution is 2.53. The Kier molecular flexibility index (Phi) is 14.8. The molecule has 2 amide bonds. The van der Waals surface area contributed by atoms with E-state index in [1.54, 1.807) is 118 Å². The van der Waals surface area contributed by atoms with Crippen LogP contribution >= 0.6 is 30.2 Å². The van der Waals surface area contributed by atoms with Gasteiger partial charge in [-0.3, -0.25) is 18.7 Å². The molecule has 1 saturated heterocycles. The summed E-state index contributed by atoms with van der Waals surface area (Å²) in [4.78, 5) is 84.9. The van der Waals surface area contributed by atoms with Crippen molar-refractivity contribution in [3.63, 3.8) is 0 Å². The zero-order valence-electron chi connectivity index (χ0n) is 36.1. The van der Waals surface area contributed by atoms with Gasteiger partial charge in [-0.15, -0.1) is 0 Å². The van der Waals surface area contributed by atoms with Crippen LogP contribution in [0, 0.1) is 3.83 Å². The van der Waals surface area contributed by atoms with E-state index in [2.05, 4.69) is 15.0 Å². The van der Waals surface area contributed by atoms with Gasteiger partial charge in [0.15, 0.2) is 39.2 Å². The molecule has 1 fully saturated rings. The number of esters is 3. The molecule has 1 aliphatic rings. The molecular weight excluding hydrogens is 988 g/mol. The van der Waals surface area contributed by atoms with E-state index in [-0.39, 0.29) is 43.1 Å². The first-order chi connectivity index (χ1) is 31.6. The molecule has 0 N–H and O–H groups in total. The Morgan fingerprint density at radius 3 is 1.67 bits per heavy atom. The smallest absolute Gasteiger partial charge is 0.370 e. The number of imide groups is 1. The lowest BCUT2D eigenvalue weighted by Gasteiger charge is -2.28. The number of aromatic nitrogens is 4. The summed E-state index contributed by atoms with van der Waals surface area (Å²) in [5, 5.41) is 0. The number of hydrogen-bond acceptors (Lipinski definition) is 16. The van der Waals surface area contributed by atoms with Crippen molar-refractivity contribution in [2.45, 2.75) is 56.8 Å². The Labute approximate surface area is 392 Å². The number of benzene rings is 4. The molecule has 3 heterocycles. The second-order valence-electron chi connectivity index (χ2n) is 15.5. The molecule has 4 aromatic carbocycles.